The van der Waals surface area contributed by atoms with Gasteiger partial charge in [0.25, 0.3) is 5.56 Å². The number of hydrogen-bond donors (Lipinski definition) is 1. The van der Waals surface area contributed by atoms with Gasteiger partial charge in [-0.05, 0) is 55.0 Å². The molecule has 1 N–H and O–H groups in total. The van der Waals surface area contributed by atoms with Crippen molar-refractivity contribution in [2.24, 2.45) is 0 Å². The summed E-state index contributed by atoms with van der Waals surface area (Å²) in [7, 11) is 0. The fraction of sp³-hybridized carbons (Fsp3) is 0.296. The van der Waals surface area contributed by atoms with Crippen LogP contribution in [0, 0.1) is 18.3 Å². The van der Waals surface area contributed by atoms with Crippen LogP contribution in [0.1, 0.15) is 59.3 Å². The molecule has 0 bridgehead atoms. The van der Waals surface area contributed by atoms with E-state index in [1.165, 1.54) is 6.92 Å². The van der Waals surface area contributed by atoms with E-state index in [4.69, 9.17) is 4.74 Å². The van der Waals surface area contributed by atoms with Crippen LogP contribution in [0.2, 0.25) is 0 Å². The number of benzene rings is 2. The molecule has 0 aliphatic heterocycles. The molecule has 0 aliphatic carbocycles. The first-order chi connectivity index (χ1) is 15.7. The number of nitriles is 1. The van der Waals surface area contributed by atoms with Crippen LogP contribution < -0.4 is 10.3 Å². The van der Waals surface area contributed by atoms with Crippen molar-refractivity contribution in [1.29, 1.82) is 5.26 Å². The van der Waals surface area contributed by atoms with Gasteiger partial charge in [-0.15, -0.1) is 0 Å². The largest absolute Gasteiger partial charge is 0.494 e. The van der Waals surface area contributed by atoms with Gasteiger partial charge in [-0.3, -0.25) is 14.2 Å². The molecule has 170 valence electrons. The molecule has 1 aromatic heterocycles. The molecule has 0 spiro atoms. The van der Waals surface area contributed by atoms with Crippen LogP contribution in [-0.2, 0) is 13.0 Å². The zero-order valence-corrected chi connectivity index (χ0v) is 19.3. The summed E-state index contributed by atoms with van der Waals surface area (Å²) in [6.07, 6.45) is -0.462. The number of aromatic hydroxyl groups is 1. The number of aryl methyl sites for hydroxylation is 1. The van der Waals surface area contributed by atoms with Crippen molar-refractivity contribution in [3.05, 3.63) is 92.8 Å². The monoisotopic (exact) mass is 444 g/mol. The summed E-state index contributed by atoms with van der Waals surface area (Å²) in [5, 5.41) is 20.5. The van der Waals surface area contributed by atoms with Crippen molar-refractivity contribution in [2.75, 3.05) is 0 Å². The van der Waals surface area contributed by atoms with E-state index in [2.05, 4.69) is 13.8 Å². The van der Waals surface area contributed by atoms with Gasteiger partial charge in [-0.2, -0.15) is 5.26 Å². The first-order valence-electron chi connectivity index (χ1n) is 11.0. The highest BCUT2D eigenvalue weighted by atomic mass is 16.5. The standard InChI is InChI=1S/C27H28N2O4/c1-17(2)21-10-12-22(13-11-21)33-19(4)25(30)24-18(3)23(16-28)26(31)29(27(24)32)15-14-20-8-6-5-7-9-20/h5-13,17,19,32H,14-15H2,1-4H3. The van der Waals surface area contributed by atoms with E-state index in [1.807, 2.05) is 48.5 Å². The first kappa shape index (κ1) is 23.8. The van der Waals surface area contributed by atoms with Crippen molar-refractivity contribution in [3.63, 3.8) is 0 Å². The van der Waals surface area contributed by atoms with E-state index in [0.717, 1.165) is 15.7 Å². The average Bonchev–Trinajstić information content (AvgIpc) is 2.80. The Morgan fingerprint density at radius 1 is 1.09 bits per heavy atom. The Bertz CT molecular complexity index is 1240. The summed E-state index contributed by atoms with van der Waals surface area (Å²) in [5.41, 5.74) is 1.45. The molecule has 1 heterocycles. The maximum Gasteiger partial charge on any atom is 0.271 e. The number of hydrogen-bond acceptors (Lipinski definition) is 5. The fourth-order valence-electron chi connectivity index (χ4n) is 3.73. The quantitative estimate of drug-likeness (QED) is 0.506. The van der Waals surface area contributed by atoms with Crippen LogP contribution in [0.15, 0.2) is 59.4 Å². The first-order valence-corrected chi connectivity index (χ1v) is 11.0. The molecule has 0 amide bonds. The average molecular weight is 445 g/mol. The predicted octanol–water partition coefficient (Wildman–Crippen LogP) is 4.75. The lowest BCUT2D eigenvalue weighted by Crippen LogP contribution is -2.31. The maximum atomic E-state index is 13.3. The lowest BCUT2D eigenvalue weighted by molar-refractivity contribution is 0.0812. The lowest BCUT2D eigenvalue weighted by atomic mass is 9.99. The Balaban J connectivity index is 1.92. The molecule has 1 atom stereocenters. The molecule has 0 fully saturated rings. The topological polar surface area (TPSA) is 92.3 Å². The van der Waals surface area contributed by atoms with Crippen LogP contribution >= 0.6 is 0 Å². The Hall–Kier alpha value is -3.85. The number of rotatable bonds is 8. The molecule has 0 aliphatic rings. The SMILES string of the molecule is Cc1c(C(=O)C(C)Oc2ccc(C(C)C)cc2)c(O)n(CCc2ccccc2)c(=O)c1C#N. The second-order valence-corrected chi connectivity index (χ2v) is 8.35. The van der Waals surface area contributed by atoms with Crippen LogP contribution in [0.5, 0.6) is 11.6 Å². The normalized spacial score (nSPS) is 11.8. The third-order valence-electron chi connectivity index (χ3n) is 5.74. The molecule has 0 saturated carbocycles. The number of nitrogens with zero attached hydrogens (tertiary/aromatic N) is 2. The van der Waals surface area contributed by atoms with Gasteiger partial charge < -0.3 is 9.84 Å². The Morgan fingerprint density at radius 2 is 1.73 bits per heavy atom. The molecule has 33 heavy (non-hydrogen) atoms. The van der Waals surface area contributed by atoms with Gasteiger partial charge in [0.1, 0.15) is 17.4 Å². The molecule has 6 nitrogen and oxygen atoms in total. The number of carbonyl (C=O) groups is 1. The number of pyridine rings is 1. The molecular weight excluding hydrogens is 416 g/mol. The van der Waals surface area contributed by atoms with Crippen molar-refractivity contribution in [3.8, 4) is 17.7 Å². The summed E-state index contributed by atoms with van der Waals surface area (Å²) in [5.74, 6) is -0.0414. The van der Waals surface area contributed by atoms with E-state index in [9.17, 15) is 20.0 Å². The Kier molecular flexibility index (Phi) is 7.34. The predicted molar refractivity (Wildman–Crippen MR) is 127 cm³/mol. The maximum absolute atomic E-state index is 13.3. The summed E-state index contributed by atoms with van der Waals surface area (Å²) in [6, 6.07) is 18.9. The van der Waals surface area contributed by atoms with E-state index < -0.39 is 23.3 Å². The number of ether oxygens (including phenoxy) is 1. The van der Waals surface area contributed by atoms with Crippen molar-refractivity contribution in [2.45, 2.75) is 52.7 Å². The number of ketones is 1. The van der Waals surface area contributed by atoms with Crippen LogP contribution in [0.3, 0.4) is 0 Å². The van der Waals surface area contributed by atoms with Crippen molar-refractivity contribution < 1.29 is 14.6 Å². The minimum Gasteiger partial charge on any atom is -0.494 e. The van der Waals surface area contributed by atoms with Gasteiger partial charge in [-0.1, -0.05) is 56.3 Å². The molecule has 0 radical (unpaired) electrons. The van der Waals surface area contributed by atoms with E-state index in [0.29, 0.717) is 18.1 Å². The summed E-state index contributed by atoms with van der Waals surface area (Å²) in [4.78, 5) is 26.1. The molecule has 6 heteroatoms. The third-order valence-corrected chi connectivity index (χ3v) is 5.74. The molecule has 3 aromatic rings. The number of carbonyl (C=O) groups excluding carboxylic acids is 1. The van der Waals surface area contributed by atoms with Gasteiger partial charge in [0.15, 0.2) is 6.10 Å². The van der Waals surface area contributed by atoms with Gasteiger partial charge in [0.2, 0.25) is 11.7 Å². The van der Waals surface area contributed by atoms with E-state index in [-0.39, 0.29) is 23.2 Å². The lowest BCUT2D eigenvalue weighted by Gasteiger charge is -2.19. The smallest absolute Gasteiger partial charge is 0.271 e. The van der Waals surface area contributed by atoms with Crippen molar-refractivity contribution >= 4 is 5.78 Å². The van der Waals surface area contributed by atoms with E-state index in [1.54, 1.807) is 19.1 Å². The molecule has 1 unspecified atom stereocenters. The minimum absolute atomic E-state index is 0.0643. The zero-order valence-electron chi connectivity index (χ0n) is 19.3. The number of aromatic nitrogens is 1. The summed E-state index contributed by atoms with van der Waals surface area (Å²) in [6.45, 7) is 7.40. The minimum atomic E-state index is -0.925. The van der Waals surface area contributed by atoms with Crippen LogP contribution in [0.4, 0.5) is 0 Å². The van der Waals surface area contributed by atoms with E-state index >= 15 is 0 Å². The highest BCUT2D eigenvalue weighted by Crippen LogP contribution is 2.26. The second-order valence-electron chi connectivity index (χ2n) is 8.35. The van der Waals surface area contributed by atoms with Gasteiger partial charge in [0, 0.05) is 6.54 Å². The van der Waals surface area contributed by atoms with Gasteiger partial charge >= 0.3 is 0 Å². The molecule has 3 rings (SSSR count). The van der Waals surface area contributed by atoms with Gasteiger partial charge in [-0.25, -0.2) is 0 Å². The number of Topliss-reactive ketones (excluding diaryl/α,β-unsaturated/α-hetero) is 1. The third kappa shape index (κ3) is 5.15. The molecular formula is C27H28N2O4. The van der Waals surface area contributed by atoms with Gasteiger partial charge in [0.05, 0.1) is 5.56 Å². The fourth-order valence-corrected chi connectivity index (χ4v) is 3.73. The van der Waals surface area contributed by atoms with Crippen LogP contribution in [-0.4, -0.2) is 21.6 Å². The summed E-state index contributed by atoms with van der Waals surface area (Å²) < 4.78 is 6.91. The summed E-state index contributed by atoms with van der Waals surface area (Å²) >= 11 is 0. The highest BCUT2D eigenvalue weighted by molar-refractivity contribution is 6.03. The zero-order chi connectivity index (χ0) is 24.1. The molecule has 0 saturated heterocycles. The Labute approximate surface area is 193 Å². The highest BCUT2D eigenvalue weighted by Gasteiger charge is 2.28. The molecule has 2 aromatic carbocycles. The second kappa shape index (κ2) is 10.2. The van der Waals surface area contributed by atoms with Crippen molar-refractivity contribution in [1.82, 2.24) is 4.57 Å². The Morgan fingerprint density at radius 3 is 2.30 bits per heavy atom. The van der Waals surface area contributed by atoms with Crippen LogP contribution in [0.25, 0.3) is 0 Å².